The van der Waals surface area contributed by atoms with Gasteiger partial charge in [-0.25, -0.2) is 0 Å². The Morgan fingerprint density at radius 2 is 1.76 bits per heavy atom. The van der Waals surface area contributed by atoms with Crippen molar-refractivity contribution >= 4 is 5.69 Å². The predicted molar refractivity (Wildman–Crippen MR) is 134 cm³/mol. The summed E-state index contributed by atoms with van der Waals surface area (Å²) < 4.78 is 3.76. The number of hydrogen-bond donors (Lipinski definition) is 2. The average Bonchev–Trinajstić information content (AvgIpc) is 3.29. The summed E-state index contributed by atoms with van der Waals surface area (Å²) in [4.78, 5) is 13.5. The molecule has 0 spiro atoms. The van der Waals surface area contributed by atoms with Gasteiger partial charge in [-0.1, -0.05) is 30.3 Å². The fourth-order valence-electron chi connectivity index (χ4n) is 5.46. The molecule has 0 bridgehead atoms. The Kier molecular flexibility index (Phi) is 6.63. The Morgan fingerprint density at radius 3 is 2.45 bits per heavy atom. The molecule has 0 atom stereocenters. The Labute approximate surface area is 196 Å². The fourth-order valence-corrected chi connectivity index (χ4v) is 5.46. The zero-order chi connectivity index (χ0) is 22.6. The van der Waals surface area contributed by atoms with Gasteiger partial charge in [0.15, 0.2) is 0 Å². The van der Waals surface area contributed by atoms with E-state index in [-0.39, 0.29) is 5.56 Å². The number of piperidine rings is 1. The lowest BCUT2D eigenvalue weighted by Gasteiger charge is -2.30. The molecule has 2 aliphatic rings. The van der Waals surface area contributed by atoms with Crippen LogP contribution in [0.1, 0.15) is 50.0 Å². The first-order chi connectivity index (χ1) is 16.2. The van der Waals surface area contributed by atoms with Gasteiger partial charge in [-0.3, -0.25) is 9.48 Å². The Morgan fingerprint density at radius 1 is 1.00 bits per heavy atom. The Hall–Kier alpha value is -2.86. The first-order valence-electron chi connectivity index (χ1n) is 12.4. The molecule has 3 aromatic rings. The second-order valence-corrected chi connectivity index (χ2v) is 9.80. The Bertz CT molecular complexity index is 1110. The van der Waals surface area contributed by atoms with Gasteiger partial charge < -0.3 is 15.2 Å². The lowest BCUT2D eigenvalue weighted by Crippen LogP contribution is -2.34. The van der Waals surface area contributed by atoms with Crippen LogP contribution in [0.5, 0.6) is 0 Å². The summed E-state index contributed by atoms with van der Waals surface area (Å²) in [6.45, 7) is 2.86. The van der Waals surface area contributed by atoms with Gasteiger partial charge in [-0.2, -0.15) is 5.10 Å². The minimum Gasteiger partial charge on any atom is -0.378 e. The van der Waals surface area contributed by atoms with Crippen molar-refractivity contribution in [2.24, 2.45) is 13.0 Å². The molecule has 1 aliphatic carbocycles. The number of pyridine rings is 1. The summed E-state index contributed by atoms with van der Waals surface area (Å²) in [6.07, 6.45) is 12.7. The molecule has 2 N–H and O–H groups in total. The molecule has 2 fully saturated rings. The average molecular weight is 446 g/mol. The van der Waals surface area contributed by atoms with Crippen molar-refractivity contribution in [2.75, 3.05) is 18.4 Å². The number of benzene rings is 1. The van der Waals surface area contributed by atoms with Crippen molar-refractivity contribution in [3.8, 4) is 11.1 Å². The van der Waals surface area contributed by atoms with Gasteiger partial charge in [0.25, 0.3) is 5.56 Å². The van der Waals surface area contributed by atoms with Gasteiger partial charge in [0, 0.05) is 43.2 Å². The topological polar surface area (TPSA) is 63.9 Å². The van der Waals surface area contributed by atoms with E-state index < -0.39 is 0 Å². The number of aryl methyl sites for hydroxylation is 1. The van der Waals surface area contributed by atoms with Crippen LogP contribution in [0.2, 0.25) is 0 Å². The van der Waals surface area contributed by atoms with E-state index in [1.165, 1.54) is 5.56 Å². The van der Waals surface area contributed by atoms with Crippen molar-refractivity contribution in [3.63, 3.8) is 0 Å². The van der Waals surface area contributed by atoms with Crippen LogP contribution in [0.15, 0.2) is 59.8 Å². The van der Waals surface area contributed by atoms with Crippen molar-refractivity contribution in [1.82, 2.24) is 19.7 Å². The van der Waals surface area contributed by atoms with Crippen molar-refractivity contribution in [3.05, 3.63) is 70.9 Å². The summed E-state index contributed by atoms with van der Waals surface area (Å²) in [5, 5.41) is 11.4. The monoisotopic (exact) mass is 445 g/mol. The molecule has 1 aromatic carbocycles. The number of nitrogens with zero attached hydrogens (tertiary/aromatic N) is 3. The molecule has 6 nitrogen and oxygen atoms in total. The van der Waals surface area contributed by atoms with Gasteiger partial charge in [0.05, 0.1) is 6.20 Å². The zero-order valence-electron chi connectivity index (χ0n) is 19.5. The number of anilines is 1. The second-order valence-electron chi connectivity index (χ2n) is 9.80. The molecule has 33 heavy (non-hydrogen) atoms. The van der Waals surface area contributed by atoms with Gasteiger partial charge in [0.2, 0.25) is 0 Å². The van der Waals surface area contributed by atoms with E-state index in [0.717, 1.165) is 75.0 Å². The number of rotatable bonds is 6. The smallest absolute Gasteiger partial charge is 0.273 e. The minimum absolute atomic E-state index is 0.103. The molecule has 1 saturated carbocycles. The standard InChI is InChI=1S/C27H35N5O/c1-31-18-24(16-29-31)23-15-26(27(33)32(19-23)17-20-11-13-28-14-12-20)30-25-9-7-22(8-10-25)21-5-3-2-4-6-21/h2-6,15-16,18-20,22,25,28,30H,7-14,17H2,1H3/t22-,25+. The number of aromatic nitrogens is 3. The van der Waals surface area contributed by atoms with Crippen molar-refractivity contribution in [1.29, 1.82) is 0 Å². The maximum absolute atomic E-state index is 13.5. The first-order valence-corrected chi connectivity index (χ1v) is 12.4. The van der Waals surface area contributed by atoms with E-state index in [2.05, 4.69) is 46.1 Å². The van der Waals surface area contributed by atoms with Crippen LogP contribution in [0.3, 0.4) is 0 Å². The summed E-state index contributed by atoms with van der Waals surface area (Å²) in [7, 11) is 1.93. The van der Waals surface area contributed by atoms with Gasteiger partial charge in [-0.05, 0) is 75.1 Å². The van der Waals surface area contributed by atoms with Crippen LogP contribution in [0.4, 0.5) is 5.69 Å². The summed E-state index contributed by atoms with van der Waals surface area (Å²) >= 11 is 0. The maximum atomic E-state index is 13.5. The van der Waals surface area contributed by atoms with E-state index in [1.807, 2.05) is 41.0 Å². The largest absolute Gasteiger partial charge is 0.378 e. The van der Waals surface area contributed by atoms with Crippen LogP contribution in [0, 0.1) is 5.92 Å². The van der Waals surface area contributed by atoms with Crippen molar-refractivity contribution in [2.45, 2.75) is 57.0 Å². The van der Waals surface area contributed by atoms with E-state index >= 15 is 0 Å². The first kappa shape index (κ1) is 22.0. The normalized spacial score (nSPS) is 21.7. The minimum atomic E-state index is 0.103. The summed E-state index contributed by atoms with van der Waals surface area (Å²) in [6, 6.07) is 13.2. The molecule has 5 rings (SSSR count). The molecule has 0 amide bonds. The third-order valence-corrected chi connectivity index (χ3v) is 7.40. The highest BCUT2D eigenvalue weighted by Gasteiger charge is 2.24. The maximum Gasteiger partial charge on any atom is 0.273 e. The highest BCUT2D eigenvalue weighted by Crippen LogP contribution is 2.34. The van der Waals surface area contributed by atoms with Crippen molar-refractivity contribution < 1.29 is 0 Å². The third-order valence-electron chi connectivity index (χ3n) is 7.40. The molecule has 1 saturated heterocycles. The lowest BCUT2D eigenvalue weighted by molar-refractivity contribution is 0.330. The highest BCUT2D eigenvalue weighted by atomic mass is 16.1. The van der Waals surface area contributed by atoms with Crippen LogP contribution in [0.25, 0.3) is 11.1 Å². The molecule has 1 aliphatic heterocycles. The third kappa shape index (κ3) is 5.22. The van der Waals surface area contributed by atoms with Crippen LogP contribution in [-0.2, 0) is 13.6 Å². The van der Waals surface area contributed by atoms with Gasteiger partial charge in [-0.15, -0.1) is 0 Å². The molecular weight excluding hydrogens is 410 g/mol. The fraction of sp³-hybridized carbons (Fsp3) is 0.481. The molecule has 174 valence electrons. The van der Waals surface area contributed by atoms with E-state index in [1.54, 1.807) is 0 Å². The van der Waals surface area contributed by atoms with Crippen LogP contribution >= 0.6 is 0 Å². The van der Waals surface area contributed by atoms with Gasteiger partial charge in [0.1, 0.15) is 5.69 Å². The van der Waals surface area contributed by atoms with E-state index in [4.69, 9.17) is 0 Å². The number of hydrogen-bond acceptors (Lipinski definition) is 4. The lowest BCUT2D eigenvalue weighted by atomic mass is 9.82. The molecule has 0 radical (unpaired) electrons. The molecule has 6 heteroatoms. The second kappa shape index (κ2) is 9.96. The van der Waals surface area contributed by atoms with Crippen LogP contribution in [-0.4, -0.2) is 33.5 Å². The predicted octanol–water partition coefficient (Wildman–Crippen LogP) is 4.39. The molecule has 2 aromatic heterocycles. The van der Waals surface area contributed by atoms with E-state index in [0.29, 0.717) is 17.9 Å². The molecule has 3 heterocycles. The molecular formula is C27H35N5O. The summed E-state index contributed by atoms with van der Waals surface area (Å²) in [5.41, 5.74) is 4.38. The quantitative estimate of drug-likeness (QED) is 0.591. The summed E-state index contributed by atoms with van der Waals surface area (Å²) in [5.74, 6) is 1.17. The molecule has 0 unspecified atom stereocenters. The number of nitrogens with one attached hydrogen (secondary N) is 2. The van der Waals surface area contributed by atoms with Crippen LogP contribution < -0.4 is 16.2 Å². The highest BCUT2D eigenvalue weighted by molar-refractivity contribution is 5.65. The zero-order valence-corrected chi connectivity index (χ0v) is 19.5. The van der Waals surface area contributed by atoms with Gasteiger partial charge >= 0.3 is 0 Å². The SMILES string of the molecule is Cn1cc(-c2cc(N[C@H]3CC[C@@H](c4ccccc4)CC3)c(=O)n(CC3CCNCC3)c2)cn1. The van der Waals surface area contributed by atoms with E-state index in [9.17, 15) is 4.79 Å². The Balaban J connectivity index is 1.35.